The van der Waals surface area contributed by atoms with Gasteiger partial charge in [0.25, 0.3) is 0 Å². The van der Waals surface area contributed by atoms with E-state index in [1.807, 2.05) is 0 Å². The summed E-state index contributed by atoms with van der Waals surface area (Å²) in [7, 11) is 0. The smallest absolute Gasteiger partial charge is 0.204 e. The molecule has 2 rings (SSSR count). The van der Waals surface area contributed by atoms with Gasteiger partial charge in [0.1, 0.15) is 5.76 Å². The number of thiazole rings is 1. The fraction of sp³-hybridized carbons (Fsp3) is 0.182. The average molecular weight is 249 g/mol. The highest BCUT2D eigenvalue weighted by Gasteiger charge is 2.10. The van der Waals surface area contributed by atoms with Gasteiger partial charge in [0.05, 0.1) is 23.0 Å². The van der Waals surface area contributed by atoms with Crippen molar-refractivity contribution in [2.75, 3.05) is 5.43 Å². The van der Waals surface area contributed by atoms with Crippen molar-refractivity contribution in [1.82, 2.24) is 4.98 Å². The van der Waals surface area contributed by atoms with Gasteiger partial charge in [0.15, 0.2) is 5.78 Å². The first-order chi connectivity index (χ1) is 8.16. The molecule has 1 N–H and O–H groups in total. The van der Waals surface area contributed by atoms with Crippen LogP contribution in [0.1, 0.15) is 28.0 Å². The Kier molecular flexibility index (Phi) is 3.34. The molecule has 0 aliphatic heterocycles. The van der Waals surface area contributed by atoms with E-state index in [9.17, 15) is 4.79 Å². The monoisotopic (exact) mass is 249 g/mol. The molecule has 0 saturated heterocycles. The molecule has 6 heteroatoms. The number of hydrogen-bond donors (Lipinski definition) is 1. The molecule has 0 aliphatic carbocycles. The molecule has 0 fully saturated rings. The summed E-state index contributed by atoms with van der Waals surface area (Å²) >= 11 is 1.29. The standard InChI is InChI=1S/C11H11N3O2S/c1-7-10(8(2)15)17-11(13-7)14-12-6-9-4-3-5-16-9/h3-6H,1-2H3,(H,13,14)/b12-6-. The maximum absolute atomic E-state index is 11.2. The van der Waals surface area contributed by atoms with Gasteiger partial charge in [-0.3, -0.25) is 10.2 Å². The molecule has 2 aromatic heterocycles. The van der Waals surface area contributed by atoms with Crippen molar-refractivity contribution < 1.29 is 9.21 Å². The van der Waals surface area contributed by atoms with E-state index < -0.39 is 0 Å². The van der Waals surface area contributed by atoms with E-state index >= 15 is 0 Å². The second kappa shape index (κ2) is 4.92. The summed E-state index contributed by atoms with van der Waals surface area (Å²) in [5, 5.41) is 4.56. The van der Waals surface area contributed by atoms with Crippen molar-refractivity contribution in [1.29, 1.82) is 0 Å². The first-order valence-electron chi connectivity index (χ1n) is 4.98. The van der Waals surface area contributed by atoms with E-state index in [0.29, 0.717) is 15.8 Å². The number of carbonyl (C=O) groups is 1. The van der Waals surface area contributed by atoms with E-state index in [4.69, 9.17) is 4.42 Å². The summed E-state index contributed by atoms with van der Waals surface area (Å²) in [5.74, 6) is 0.667. The van der Waals surface area contributed by atoms with Crippen molar-refractivity contribution in [2.45, 2.75) is 13.8 Å². The van der Waals surface area contributed by atoms with Gasteiger partial charge in [-0.25, -0.2) is 4.98 Å². The van der Waals surface area contributed by atoms with Crippen LogP contribution in [-0.4, -0.2) is 17.0 Å². The Bertz CT molecular complexity index is 543. The van der Waals surface area contributed by atoms with Gasteiger partial charge in [-0.05, 0) is 19.1 Å². The maximum Gasteiger partial charge on any atom is 0.204 e. The lowest BCUT2D eigenvalue weighted by molar-refractivity contribution is 0.102. The number of nitrogens with one attached hydrogen (secondary N) is 1. The Hall–Kier alpha value is -1.95. The van der Waals surface area contributed by atoms with Crippen LogP contribution in [0, 0.1) is 6.92 Å². The summed E-state index contributed by atoms with van der Waals surface area (Å²) in [6, 6.07) is 3.57. The summed E-state index contributed by atoms with van der Waals surface area (Å²) in [4.78, 5) is 16.1. The lowest BCUT2D eigenvalue weighted by Crippen LogP contribution is -1.90. The first kappa shape index (κ1) is 11.5. The third kappa shape index (κ3) is 2.79. The topological polar surface area (TPSA) is 67.5 Å². The number of carbonyl (C=O) groups excluding carboxylic acids is 1. The average Bonchev–Trinajstić information content (AvgIpc) is 2.88. The third-order valence-corrected chi connectivity index (χ3v) is 3.17. The predicted molar refractivity (Wildman–Crippen MR) is 66.8 cm³/mol. The van der Waals surface area contributed by atoms with Crippen LogP contribution in [0.3, 0.4) is 0 Å². The molecule has 0 aromatic carbocycles. The summed E-state index contributed by atoms with van der Waals surface area (Å²) in [6.45, 7) is 3.32. The van der Waals surface area contributed by atoms with Crippen LogP contribution in [0.2, 0.25) is 0 Å². The van der Waals surface area contributed by atoms with Gasteiger partial charge in [0.2, 0.25) is 5.13 Å². The highest BCUT2D eigenvalue weighted by atomic mass is 32.1. The van der Waals surface area contributed by atoms with Crippen LogP contribution in [0.4, 0.5) is 5.13 Å². The number of ketones is 1. The van der Waals surface area contributed by atoms with Crippen LogP contribution in [0.25, 0.3) is 0 Å². The molecule has 0 radical (unpaired) electrons. The molecular formula is C11H11N3O2S. The van der Waals surface area contributed by atoms with E-state index in [2.05, 4.69) is 15.5 Å². The Balaban J connectivity index is 2.05. The van der Waals surface area contributed by atoms with Crippen LogP contribution in [0.15, 0.2) is 27.9 Å². The molecule has 0 atom stereocenters. The highest BCUT2D eigenvalue weighted by molar-refractivity contribution is 7.17. The molecule has 17 heavy (non-hydrogen) atoms. The normalized spacial score (nSPS) is 10.9. The minimum Gasteiger partial charge on any atom is -0.463 e. The number of aryl methyl sites for hydroxylation is 1. The van der Waals surface area contributed by atoms with Crippen molar-refractivity contribution >= 4 is 28.5 Å². The number of hydrazone groups is 1. The molecular weight excluding hydrogens is 238 g/mol. The zero-order chi connectivity index (χ0) is 12.3. The fourth-order valence-corrected chi connectivity index (χ4v) is 2.10. The SMILES string of the molecule is CC(=O)c1sc(N/N=C\c2ccco2)nc1C. The molecule has 0 unspecified atom stereocenters. The van der Waals surface area contributed by atoms with Crippen LogP contribution in [-0.2, 0) is 0 Å². The second-order valence-electron chi connectivity index (χ2n) is 3.38. The maximum atomic E-state index is 11.2. The zero-order valence-corrected chi connectivity index (χ0v) is 10.2. The Morgan fingerprint density at radius 2 is 2.47 bits per heavy atom. The van der Waals surface area contributed by atoms with Crippen molar-refractivity contribution in [2.24, 2.45) is 5.10 Å². The molecule has 2 aromatic rings. The van der Waals surface area contributed by atoms with E-state index in [0.717, 1.165) is 5.69 Å². The first-order valence-corrected chi connectivity index (χ1v) is 5.79. The van der Waals surface area contributed by atoms with Gasteiger partial charge in [-0.1, -0.05) is 11.3 Å². The number of aromatic nitrogens is 1. The van der Waals surface area contributed by atoms with Gasteiger partial charge >= 0.3 is 0 Å². The number of hydrogen-bond acceptors (Lipinski definition) is 6. The minimum absolute atomic E-state index is 0.0167. The predicted octanol–water partition coefficient (Wildman–Crippen LogP) is 2.69. The number of rotatable bonds is 4. The minimum atomic E-state index is 0.0167. The number of anilines is 1. The van der Waals surface area contributed by atoms with E-state index in [1.165, 1.54) is 18.3 Å². The van der Waals surface area contributed by atoms with Gasteiger partial charge < -0.3 is 4.42 Å². The Morgan fingerprint density at radius 3 is 3.06 bits per heavy atom. The molecule has 0 bridgehead atoms. The van der Waals surface area contributed by atoms with Gasteiger partial charge in [-0.2, -0.15) is 5.10 Å². The zero-order valence-electron chi connectivity index (χ0n) is 9.43. The summed E-state index contributed by atoms with van der Waals surface area (Å²) in [6.07, 6.45) is 3.12. The van der Waals surface area contributed by atoms with Gasteiger partial charge in [-0.15, -0.1) is 0 Å². The van der Waals surface area contributed by atoms with Crippen LogP contribution >= 0.6 is 11.3 Å². The molecule has 2 heterocycles. The molecule has 0 spiro atoms. The van der Waals surface area contributed by atoms with Crippen molar-refractivity contribution in [3.63, 3.8) is 0 Å². The van der Waals surface area contributed by atoms with Crippen LogP contribution in [0.5, 0.6) is 0 Å². The lowest BCUT2D eigenvalue weighted by Gasteiger charge is -1.90. The molecule has 0 saturated carbocycles. The Labute approximate surface area is 102 Å². The van der Waals surface area contributed by atoms with E-state index in [1.54, 1.807) is 31.5 Å². The molecule has 0 aliphatic rings. The third-order valence-electron chi connectivity index (χ3n) is 2.01. The largest absolute Gasteiger partial charge is 0.463 e. The highest BCUT2D eigenvalue weighted by Crippen LogP contribution is 2.22. The Morgan fingerprint density at radius 1 is 1.65 bits per heavy atom. The summed E-state index contributed by atoms with van der Waals surface area (Å²) < 4.78 is 5.08. The van der Waals surface area contributed by atoms with Crippen molar-refractivity contribution in [3.05, 3.63) is 34.7 Å². The van der Waals surface area contributed by atoms with Gasteiger partial charge in [0, 0.05) is 6.92 Å². The molecule has 0 amide bonds. The molecule has 5 nitrogen and oxygen atoms in total. The number of furan rings is 1. The fourth-order valence-electron chi connectivity index (χ4n) is 1.29. The van der Waals surface area contributed by atoms with E-state index in [-0.39, 0.29) is 5.78 Å². The summed E-state index contributed by atoms with van der Waals surface area (Å²) in [5.41, 5.74) is 3.48. The van der Waals surface area contributed by atoms with Crippen LogP contribution < -0.4 is 5.43 Å². The lowest BCUT2D eigenvalue weighted by atomic mass is 10.3. The number of nitrogens with zero attached hydrogens (tertiary/aromatic N) is 2. The second-order valence-corrected chi connectivity index (χ2v) is 4.37. The number of Topliss-reactive ketones (excluding diaryl/α,β-unsaturated/α-hetero) is 1. The quantitative estimate of drug-likeness (QED) is 0.514. The van der Waals surface area contributed by atoms with Crippen molar-refractivity contribution in [3.8, 4) is 0 Å². The molecule has 88 valence electrons.